The van der Waals surface area contributed by atoms with E-state index >= 15 is 0 Å². The van der Waals surface area contributed by atoms with Gasteiger partial charge in [-0.15, -0.1) is 10.2 Å². The number of benzene rings is 2. The molecule has 3 aromatic rings. The molecule has 0 aliphatic carbocycles. The minimum atomic E-state index is -0.199. The Labute approximate surface area is 170 Å². The number of rotatable bonds is 5. The molecule has 2 aromatic carbocycles. The lowest BCUT2D eigenvalue weighted by Crippen LogP contribution is -2.48. The SMILES string of the molecule is Cc1ccc(-c2nnc(C(=O)N3CCN(C/C=C/c4ccccc4)CC3)o2)cc1. The zero-order valence-electron chi connectivity index (χ0n) is 16.5. The van der Waals surface area contributed by atoms with Crippen LogP contribution in [0.2, 0.25) is 0 Å². The van der Waals surface area contributed by atoms with Crippen LogP contribution in [0.5, 0.6) is 0 Å². The van der Waals surface area contributed by atoms with Crippen molar-refractivity contribution in [3.05, 3.63) is 77.7 Å². The van der Waals surface area contributed by atoms with Crippen LogP contribution in [0.1, 0.15) is 21.8 Å². The van der Waals surface area contributed by atoms with Crippen LogP contribution in [0.25, 0.3) is 17.5 Å². The largest absolute Gasteiger partial charge is 0.412 e. The van der Waals surface area contributed by atoms with Gasteiger partial charge >= 0.3 is 11.8 Å². The molecular weight excluding hydrogens is 364 g/mol. The van der Waals surface area contributed by atoms with Gasteiger partial charge in [0.05, 0.1) is 0 Å². The maximum absolute atomic E-state index is 12.7. The smallest absolute Gasteiger partial charge is 0.311 e. The summed E-state index contributed by atoms with van der Waals surface area (Å²) >= 11 is 0. The van der Waals surface area contributed by atoms with E-state index in [-0.39, 0.29) is 11.8 Å². The number of hydrogen-bond donors (Lipinski definition) is 0. The second kappa shape index (κ2) is 8.84. The second-order valence-electron chi connectivity index (χ2n) is 7.18. The van der Waals surface area contributed by atoms with Crippen molar-refractivity contribution < 1.29 is 9.21 Å². The Balaban J connectivity index is 1.30. The molecule has 1 fully saturated rings. The molecule has 1 aliphatic heterocycles. The quantitative estimate of drug-likeness (QED) is 0.669. The third-order valence-electron chi connectivity index (χ3n) is 5.04. The van der Waals surface area contributed by atoms with Crippen molar-refractivity contribution in [1.29, 1.82) is 0 Å². The molecule has 0 saturated carbocycles. The summed E-state index contributed by atoms with van der Waals surface area (Å²) in [5.74, 6) is 0.228. The van der Waals surface area contributed by atoms with Gasteiger partial charge in [-0.25, -0.2) is 0 Å². The first kappa shape index (κ1) is 19.1. The summed E-state index contributed by atoms with van der Waals surface area (Å²) in [5.41, 5.74) is 3.17. The maximum atomic E-state index is 12.7. The Kier molecular flexibility index (Phi) is 5.81. The fraction of sp³-hybridized carbons (Fsp3) is 0.261. The van der Waals surface area contributed by atoms with Crippen LogP contribution in [0.15, 0.2) is 65.1 Å². The van der Waals surface area contributed by atoms with Crippen molar-refractivity contribution >= 4 is 12.0 Å². The van der Waals surface area contributed by atoms with Gasteiger partial charge in [0.2, 0.25) is 5.89 Å². The molecule has 0 radical (unpaired) electrons. The molecule has 0 atom stereocenters. The summed E-state index contributed by atoms with van der Waals surface area (Å²) in [4.78, 5) is 16.8. The zero-order chi connectivity index (χ0) is 20.1. The third-order valence-corrected chi connectivity index (χ3v) is 5.04. The highest BCUT2D eigenvalue weighted by molar-refractivity contribution is 5.89. The van der Waals surface area contributed by atoms with Gasteiger partial charge in [-0.05, 0) is 24.6 Å². The normalized spacial score (nSPS) is 15.1. The lowest BCUT2D eigenvalue weighted by molar-refractivity contribution is 0.0612. The van der Waals surface area contributed by atoms with Gasteiger partial charge in [0.25, 0.3) is 0 Å². The number of aryl methyl sites for hydroxylation is 1. The van der Waals surface area contributed by atoms with Crippen LogP contribution < -0.4 is 0 Å². The Morgan fingerprint density at radius 2 is 1.72 bits per heavy atom. The Bertz CT molecular complexity index is 972. The van der Waals surface area contributed by atoms with Gasteiger partial charge in [0, 0.05) is 38.3 Å². The van der Waals surface area contributed by atoms with Gasteiger partial charge in [0.15, 0.2) is 0 Å². The van der Waals surface area contributed by atoms with Crippen molar-refractivity contribution in [3.63, 3.8) is 0 Å². The molecule has 6 nitrogen and oxygen atoms in total. The van der Waals surface area contributed by atoms with E-state index in [1.165, 1.54) is 5.56 Å². The molecule has 148 valence electrons. The van der Waals surface area contributed by atoms with E-state index in [0.29, 0.717) is 19.0 Å². The van der Waals surface area contributed by atoms with Gasteiger partial charge in [0.1, 0.15) is 0 Å². The van der Waals surface area contributed by atoms with Crippen LogP contribution >= 0.6 is 0 Å². The van der Waals surface area contributed by atoms with E-state index in [1.807, 2.05) is 49.4 Å². The van der Waals surface area contributed by atoms with Crippen LogP contribution in [-0.4, -0.2) is 58.6 Å². The van der Waals surface area contributed by atoms with Crippen molar-refractivity contribution in [1.82, 2.24) is 20.0 Å². The first-order chi connectivity index (χ1) is 14.2. The molecule has 1 aliphatic rings. The van der Waals surface area contributed by atoms with E-state index in [9.17, 15) is 4.79 Å². The number of amides is 1. The first-order valence-electron chi connectivity index (χ1n) is 9.83. The Morgan fingerprint density at radius 3 is 2.45 bits per heavy atom. The predicted octanol–water partition coefficient (Wildman–Crippen LogP) is 3.52. The average molecular weight is 388 g/mol. The lowest BCUT2D eigenvalue weighted by atomic mass is 10.1. The highest BCUT2D eigenvalue weighted by atomic mass is 16.4. The van der Waals surface area contributed by atoms with Gasteiger partial charge < -0.3 is 9.32 Å². The van der Waals surface area contributed by atoms with Gasteiger partial charge in [-0.3, -0.25) is 9.69 Å². The molecule has 0 bridgehead atoms. The average Bonchev–Trinajstić information content (AvgIpc) is 3.25. The lowest BCUT2D eigenvalue weighted by Gasteiger charge is -2.33. The Morgan fingerprint density at radius 1 is 1.00 bits per heavy atom. The standard InChI is InChI=1S/C23H24N4O2/c1-18-9-11-20(12-10-18)21-24-25-22(29-21)23(28)27-16-14-26(15-17-27)13-5-8-19-6-3-2-4-7-19/h2-12H,13-17H2,1H3/b8-5+. The van der Waals surface area contributed by atoms with E-state index < -0.39 is 0 Å². The van der Waals surface area contributed by atoms with Crippen molar-refractivity contribution in [2.45, 2.75) is 6.92 Å². The number of piperazine rings is 1. The molecule has 1 saturated heterocycles. The van der Waals surface area contributed by atoms with Gasteiger partial charge in [-0.1, -0.05) is 60.2 Å². The van der Waals surface area contributed by atoms with E-state index in [0.717, 1.165) is 30.8 Å². The number of nitrogens with zero attached hydrogens (tertiary/aromatic N) is 4. The summed E-state index contributed by atoms with van der Waals surface area (Å²) in [6.07, 6.45) is 4.29. The molecule has 1 amide bonds. The third kappa shape index (κ3) is 4.78. The number of carbonyl (C=O) groups excluding carboxylic acids is 1. The monoisotopic (exact) mass is 388 g/mol. The molecule has 4 rings (SSSR count). The molecular formula is C23H24N4O2. The number of hydrogen-bond acceptors (Lipinski definition) is 5. The van der Waals surface area contributed by atoms with E-state index in [1.54, 1.807) is 4.90 Å². The number of aromatic nitrogens is 2. The molecule has 29 heavy (non-hydrogen) atoms. The van der Waals surface area contributed by atoms with Crippen molar-refractivity contribution in [2.24, 2.45) is 0 Å². The second-order valence-corrected chi connectivity index (χ2v) is 7.18. The molecule has 0 spiro atoms. The van der Waals surface area contributed by atoms with Crippen molar-refractivity contribution in [2.75, 3.05) is 32.7 Å². The number of carbonyl (C=O) groups is 1. The zero-order valence-corrected chi connectivity index (χ0v) is 16.5. The summed E-state index contributed by atoms with van der Waals surface area (Å²) in [7, 11) is 0. The topological polar surface area (TPSA) is 62.5 Å². The summed E-state index contributed by atoms with van der Waals surface area (Å²) in [5, 5.41) is 7.99. The van der Waals surface area contributed by atoms with Crippen LogP contribution in [-0.2, 0) is 0 Å². The molecule has 1 aromatic heterocycles. The van der Waals surface area contributed by atoms with Crippen LogP contribution in [0.4, 0.5) is 0 Å². The first-order valence-corrected chi connectivity index (χ1v) is 9.83. The van der Waals surface area contributed by atoms with E-state index in [4.69, 9.17) is 4.42 Å². The van der Waals surface area contributed by atoms with Crippen LogP contribution in [0, 0.1) is 6.92 Å². The molecule has 6 heteroatoms. The fourth-order valence-electron chi connectivity index (χ4n) is 3.29. The van der Waals surface area contributed by atoms with Gasteiger partial charge in [-0.2, -0.15) is 0 Å². The predicted molar refractivity (Wildman–Crippen MR) is 112 cm³/mol. The minimum absolute atomic E-state index is 0.0537. The highest BCUT2D eigenvalue weighted by Gasteiger charge is 2.25. The Hall–Kier alpha value is -3.25. The summed E-state index contributed by atoms with van der Waals surface area (Å²) in [6.45, 7) is 5.84. The minimum Gasteiger partial charge on any atom is -0.412 e. The highest BCUT2D eigenvalue weighted by Crippen LogP contribution is 2.19. The maximum Gasteiger partial charge on any atom is 0.311 e. The van der Waals surface area contributed by atoms with Crippen molar-refractivity contribution in [3.8, 4) is 11.5 Å². The summed E-state index contributed by atoms with van der Waals surface area (Å²) < 4.78 is 5.63. The van der Waals surface area contributed by atoms with E-state index in [2.05, 4.69) is 39.4 Å². The van der Waals surface area contributed by atoms with Crippen LogP contribution in [0.3, 0.4) is 0 Å². The fourth-order valence-corrected chi connectivity index (χ4v) is 3.29. The molecule has 2 heterocycles. The molecule has 0 unspecified atom stereocenters. The summed E-state index contributed by atoms with van der Waals surface area (Å²) in [6, 6.07) is 18.0. The molecule has 0 N–H and O–H groups in total.